The minimum atomic E-state index is -0.114. The molecule has 1 aromatic carbocycles. The van der Waals surface area contributed by atoms with Gasteiger partial charge in [-0.3, -0.25) is 4.79 Å². The quantitative estimate of drug-likeness (QED) is 0.775. The number of hydrogen-bond donors (Lipinski definition) is 2. The Balaban J connectivity index is 2.79. The Kier molecular flexibility index (Phi) is 4.55. The van der Waals surface area contributed by atoms with Crippen LogP contribution in [-0.4, -0.2) is 26.5 Å². The molecule has 0 aliphatic rings. The van der Waals surface area contributed by atoms with Crippen LogP contribution >= 0.6 is 0 Å². The molecule has 0 heterocycles. The van der Waals surface area contributed by atoms with E-state index in [4.69, 9.17) is 11.0 Å². The maximum Gasteiger partial charge on any atom is 0.224 e. The van der Waals surface area contributed by atoms with Crippen molar-refractivity contribution in [2.45, 2.75) is 6.92 Å². The Hall–Kier alpha value is -2.22. The summed E-state index contributed by atoms with van der Waals surface area (Å²) in [6.07, 6.45) is 0. The van der Waals surface area contributed by atoms with Gasteiger partial charge in [0.25, 0.3) is 0 Å². The third-order valence-electron chi connectivity index (χ3n) is 2.84. The minimum absolute atomic E-state index is 0.00321. The van der Waals surface area contributed by atoms with Gasteiger partial charge in [0.05, 0.1) is 17.2 Å². The molecular weight excluding hydrogens is 228 g/mol. The van der Waals surface area contributed by atoms with E-state index in [0.717, 1.165) is 5.69 Å². The number of nitriles is 1. The van der Waals surface area contributed by atoms with Crippen LogP contribution < -0.4 is 16.0 Å². The molecular formula is C13H18N4O. The highest BCUT2D eigenvalue weighted by atomic mass is 16.1. The smallest absolute Gasteiger partial charge is 0.224 e. The molecule has 1 unspecified atom stereocenters. The SMILES string of the molecule is CNC(=O)C(C)CN(C)c1ccc(C#N)c(N)c1. The second-order valence-corrected chi connectivity index (χ2v) is 4.28. The highest BCUT2D eigenvalue weighted by Crippen LogP contribution is 2.20. The van der Waals surface area contributed by atoms with Crippen molar-refractivity contribution in [1.29, 1.82) is 5.26 Å². The van der Waals surface area contributed by atoms with Crippen LogP contribution in [0, 0.1) is 17.2 Å². The van der Waals surface area contributed by atoms with E-state index >= 15 is 0 Å². The van der Waals surface area contributed by atoms with Crippen LogP contribution in [0.1, 0.15) is 12.5 Å². The number of nitrogens with zero attached hydrogens (tertiary/aromatic N) is 2. The van der Waals surface area contributed by atoms with Crippen LogP contribution in [0.15, 0.2) is 18.2 Å². The molecule has 5 heteroatoms. The van der Waals surface area contributed by atoms with Gasteiger partial charge in [-0.1, -0.05) is 6.92 Å². The minimum Gasteiger partial charge on any atom is -0.398 e. The maximum atomic E-state index is 11.4. The second-order valence-electron chi connectivity index (χ2n) is 4.28. The summed E-state index contributed by atoms with van der Waals surface area (Å²) in [6, 6.07) is 7.28. The highest BCUT2D eigenvalue weighted by molar-refractivity contribution is 5.78. The number of nitrogens with two attached hydrogens (primary N) is 1. The fraction of sp³-hybridized carbons (Fsp3) is 0.385. The first-order valence-corrected chi connectivity index (χ1v) is 5.72. The zero-order valence-electron chi connectivity index (χ0n) is 10.9. The van der Waals surface area contributed by atoms with Crippen LogP contribution in [0.2, 0.25) is 0 Å². The number of anilines is 2. The summed E-state index contributed by atoms with van der Waals surface area (Å²) in [5.74, 6) is -0.111. The summed E-state index contributed by atoms with van der Waals surface area (Å²) >= 11 is 0. The van der Waals surface area contributed by atoms with Crippen molar-refractivity contribution in [2.24, 2.45) is 5.92 Å². The van der Waals surface area contributed by atoms with Crippen molar-refractivity contribution in [1.82, 2.24) is 5.32 Å². The molecule has 3 N–H and O–H groups in total. The zero-order valence-corrected chi connectivity index (χ0v) is 10.9. The molecule has 0 fully saturated rings. The number of carbonyl (C=O) groups excluding carboxylic acids is 1. The fourth-order valence-electron chi connectivity index (χ4n) is 1.73. The third-order valence-corrected chi connectivity index (χ3v) is 2.84. The summed E-state index contributed by atoms with van der Waals surface area (Å²) in [5, 5.41) is 11.4. The summed E-state index contributed by atoms with van der Waals surface area (Å²) in [4.78, 5) is 13.4. The normalized spacial score (nSPS) is 11.4. The van der Waals surface area contributed by atoms with Gasteiger partial charge in [0, 0.05) is 26.3 Å². The van der Waals surface area contributed by atoms with Gasteiger partial charge in [-0.2, -0.15) is 5.26 Å². The van der Waals surface area contributed by atoms with Gasteiger partial charge in [-0.25, -0.2) is 0 Å². The molecule has 0 radical (unpaired) electrons. The molecule has 0 aromatic heterocycles. The van der Waals surface area contributed by atoms with Gasteiger partial charge in [0.2, 0.25) is 5.91 Å². The lowest BCUT2D eigenvalue weighted by Gasteiger charge is -2.23. The molecule has 0 aliphatic carbocycles. The Morgan fingerprint density at radius 3 is 2.78 bits per heavy atom. The average Bonchev–Trinajstić information content (AvgIpc) is 2.37. The second kappa shape index (κ2) is 5.92. The number of hydrogen-bond acceptors (Lipinski definition) is 4. The van der Waals surface area contributed by atoms with Crippen molar-refractivity contribution < 1.29 is 4.79 Å². The van der Waals surface area contributed by atoms with E-state index < -0.39 is 0 Å². The van der Waals surface area contributed by atoms with Gasteiger partial charge in [-0.05, 0) is 18.2 Å². The molecule has 1 rings (SSSR count). The van der Waals surface area contributed by atoms with Crippen molar-refractivity contribution in [3.63, 3.8) is 0 Å². The number of carbonyl (C=O) groups is 1. The number of nitrogen functional groups attached to an aromatic ring is 1. The molecule has 1 amide bonds. The lowest BCUT2D eigenvalue weighted by molar-refractivity contribution is -0.123. The van der Waals surface area contributed by atoms with Crippen LogP contribution in [0.3, 0.4) is 0 Å². The van der Waals surface area contributed by atoms with E-state index in [2.05, 4.69) is 5.32 Å². The van der Waals surface area contributed by atoms with Gasteiger partial charge in [0.15, 0.2) is 0 Å². The van der Waals surface area contributed by atoms with Crippen molar-refractivity contribution in [3.05, 3.63) is 23.8 Å². The number of nitrogens with one attached hydrogen (secondary N) is 1. The van der Waals surface area contributed by atoms with Crippen molar-refractivity contribution in [3.8, 4) is 6.07 Å². The van der Waals surface area contributed by atoms with Gasteiger partial charge in [0.1, 0.15) is 6.07 Å². The monoisotopic (exact) mass is 246 g/mol. The van der Waals surface area contributed by atoms with Gasteiger partial charge in [-0.15, -0.1) is 0 Å². The van der Waals surface area contributed by atoms with Crippen LogP contribution in [0.5, 0.6) is 0 Å². The van der Waals surface area contributed by atoms with Crippen LogP contribution in [0.4, 0.5) is 11.4 Å². The first-order chi connectivity index (χ1) is 8.49. The molecule has 96 valence electrons. The largest absolute Gasteiger partial charge is 0.398 e. The molecule has 1 aromatic rings. The molecule has 0 saturated heterocycles. The molecule has 5 nitrogen and oxygen atoms in total. The summed E-state index contributed by atoms with van der Waals surface area (Å²) in [7, 11) is 3.51. The highest BCUT2D eigenvalue weighted by Gasteiger charge is 2.14. The fourth-order valence-corrected chi connectivity index (χ4v) is 1.73. The van der Waals surface area contributed by atoms with Crippen LogP contribution in [-0.2, 0) is 4.79 Å². The summed E-state index contributed by atoms with van der Waals surface area (Å²) < 4.78 is 0. The summed E-state index contributed by atoms with van der Waals surface area (Å²) in [6.45, 7) is 2.45. The molecule has 0 spiro atoms. The van der Waals surface area contributed by atoms with E-state index in [1.54, 1.807) is 19.2 Å². The molecule has 0 saturated carbocycles. The Labute approximate surface area is 107 Å². The first-order valence-electron chi connectivity index (χ1n) is 5.72. The predicted molar refractivity (Wildman–Crippen MR) is 72.1 cm³/mol. The Bertz CT molecular complexity index is 478. The standard InChI is InChI=1S/C13H18N4O/c1-9(13(18)16-2)8-17(3)11-5-4-10(7-14)12(15)6-11/h4-6,9H,8,15H2,1-3H3,(H,16,18). The number of amides is 1. The van der Waals surface area contributed by atoms with E-state index in [0.29, 0.717) is 17.8 Å². The Morgan fingerprint density at radius 1 is 1.61 bits per heavy atom. The van der Waals surface area contributed by atoms with E-state index in [1.807, 2.05) is 31.0 Å². The van der Waals surface area contributed by atoms with Crippen molar-refractivity contribution in [2.75, 3.05) is 31.3 Å². The van der Waals surface area contributed by atoms with E-state index in [9.17, 15) is 4.79 Å². The van der Waals surface area contributed by atoms with Gasteiger partial charge < -0.3 is 16.0 Å². The molecule has 1 atom stereocenters. The molecule has 18 heavy (non-hydrogen) atoms. The predicted octanol–water partition coefficient (Wildman–Crippen LogP) is 0.959. The first kappa shape index (κ1) is 13.8. The molecule has 0 bridgehead atoms. The lowest BCUT2D eigenvalue weighted by Crippen LogP contribution is -2.34. The van der Waals surface area contributed by atoms with Gasteiger partial charge >= 0.3 is 0 Å². The third kappa shape index (κ3) is 3.14. The summed E-state index contributed by atoms with van der Waals surface area (Å²) in [5.41, 5.74) is 7.57. The zero-order chi connectivity index (χ0) is 13.7. The average molecular weight is 246 g/mol. The number of rotatable bonds is 4. The Morgan fingerprint density at radius 2 is 2.28 bits per heavy atom. The van der Waals surface area contributed by atoms with Crippen LogP contribution in [0.25, 0.3) is 0 Å². The topological polar surface area (TPSA) is 82.2 Å². The maximum absolute atomic E-state index is 11.4. The van der Waals surface area contributed by atoms with E-state index in [-0.39, 0.29) is 11.8 Å². The van der Waals surface area contributed by atoms with Crippen molar-refractivity contribution >= 4 is 17.3 Å². The lowest BCUT2D eigenvalue weighted by atomic mass is 10.1. The van der Waals surface area contributed by atoms with E-state index in [1.165, 1.54) is 0 Å². The number of benzene rings is 1. The molecule has 0 aliphatic heterocycles.